The molecule has 0 bridgehead atoms. The molecule has 2 rings (SSSR count). The summed E-state index contributed by atoms with van der Waals surface area (Å²) in [6.07, 6.45) is -0.604. The van der Waals surface area contributed by atoms with Gasteiger partial charge in [-0.05, 0) is 18.4 Å². The van der Waals surface area contributed by atoms with Crippen LogP contribution in [0.25, 0.3) is 11.5 Å². The predicted molar refractivity (Wildman–Crippen MR) is 69.8 cm³/mol. The van der Waals surface area contributed by atoms with Gasteiger partial charge in [-0.25, -0.2) is 9.97 Å². The van der Waals surface area contributed by atoms with E-state index in [2.05, 4.69) is 9.97 Å². The lowest BCUT2D eigenvalue weighted by Crippen LogP contribution is -2.29. The zero-order valence-corrected chi connectivity index (χ0v) is 11.4. The molecular formula is C11H10F3N3O3S. The van der Waals surface area contributed by atoms with Crippen LogP contribution in [0.5, 0.6) is 0 Å². The molecule has 0 aliphatic heterocycles. The number of nitrogens with zero attached hydrogens (tertiary/aromatic N) is 2. The van der Waals surface area contributed by atoms with Crippen LogP contribution in [-0.4, -0.2) is 33.8 Å². The maximum absolute atomic E-state index is 12.1. The number of aromatic nitrogens is 2. The number of carbonyl (C=O) groups excluding carboxylic acids is 1. The van der Waals surface area contributed by atoms with Gasteiger partial charge in [0.2, 0.25) is 11.8 Å². The molecule has 0 saturated carbocycles. The monoisotopic (exact) mass is 321 g/mol. The van der Waals surface area contributed by atoms with Crippen molar-refractivity contribution in [2.75, 3.05) is 11.6 Å². The molecule has 0 unspecified atom stereocenters. The number of hydrogen-bond acceptors (Lipinski definition) is 5. The zero-order chi connectivity index (χ0) is 14.8. The van der Waals surface area contributed by atoms with Crippen LogP contribution in [0.1, 0.15) is 0 Å². The van der Waals surface area contributed by atoms with Crippen molar-refractivity contribution in [3.8, 4) is 11.5 Å². The SMILES string of the molecule is CSc1ncccc1-c1ncc(NC(=O)C(F)(F)F)o1.O. The molecule has 0 radical (unpaired) electrons. The van der Waals surface area contributed by atoms with Gasteiger partial charge in [-0.1, -0.05) is 0 Å². The van der Waals surface area contributed by atoms with E-state index in [4.69, 9.17) is 4.42 Å². The maximum atomic E-state index is 12.1. The third-order valence-electron chi connectivity index (χ3n) is 2.19. The number of thioether (sulfide) groups is 1. The summed E-state index contributed by atoms with van der Waals surface area (Å²) in [7, 11) is 0. The first-order valence-electron chi connectivity index (χ1n) is 5.25. The van der Waals surface area contributed by atoms with Crippen LogP contribution in [0.2, 0.25) is 0 Å². The summed E-state index contributed by atoms with van der Waals surface area (Å²) in [5.41, 5.74) is 0.535. The van der Waals surface area contributed by atoms with E-state index >= 15 is 0 Å². The molecule has 0 aliphatic carbocycles. The fourth-order valence-electron chi connectivity index (χ4n) is 1.36. The first-order valence-corrected chi connectivity index (χ1v) is 6.47. The van der Waals surface area contributed by atoms with Crippen molar-refractivity contribution in [3.05, 3.63) is 24.5 Å². The highest BCUT2D eigenvalue weighted by Gasteiger charge is 2.39. The van der Waals surface area contributed by atoms with Crippen molar-refractivity contribution >= 4 is 23.6 Å². The van der Waals surface area contributed by atoms with Gasteiger partial charge in [-0.2, -0.15) is 13.2 Å². The van der Waals surface area contributed by atoms with Crippen molar-refractivity contribution in [2.24, 2.45) is 0 Å². The Kier molecular flexibility index (Phi) is 5.33. The van der Waals surface area contributed by atoms with E-state index in [9.17, 15) is 18.0 Å². The van der Waals surface area contributed by atoms with Gasteiger partial charge in [-0.3, -0.25) is 10.1 Å². The third-order valence-corrected chi connectivity index (χ3v) is 2.91. The molecule has 114 valence electrons. The maximum Gasteiger partial charge on any atom is 0.471 e. The molecule has 0 spiro atoms. The fraction of sp³-hybridized carbons (Fsp3) is 0.182. The second kappa shape index (κ2) is 6.59. The number of oxazole rings is 1. The Hall–Kier alpha value is -2.07. The standard InChI is InChI=1S/C11H8F3N3O2S.H2O/c1-20-9-6(3-2-4-15-9)8-16-5-7(19-8)17-10(18)11(12,13)14;/h2-5H,1H3,(H,17,18);1H2. The van der Waals surface area contributed by atoms with E-state index in [1.165, 1.54) is 11.8 Å². The third kappa shape index (κ3) is 3.95. The first-order chi connectivity index (χ1) is 9.41. The largest absolute Gasteiger partial charge is 0.471 e. The summed E-state index contributed by atoms with van der Waals surface area (Å²) >= 11 is 1.34. The second-order valence-electron chi connectivity index (χ2n) is 3.54. The van der Waals surface area contributed by atoms with E-state index < -0.39 is 12.1 Å². The fourth-order valence-corrected chi connectivity index (χ4v) is 1.90. The minimum Gasteiger partial charge on any atom is -0.420 e. The van der Waals surface area contributed by atoms with Gasteiger partial charge in [-0.15, -0.1) is 11.8 Å². The lowest BCUT2D eigenvalue weighted by molar-refractivity contribution is -0.167. The minimum atomic E-state index is -4.98. The molecule has 0 atom stereocenters. The highest BCUT2D eigenvalue weighted by molar-refractivity contribution is 7.98. The summed E-state index contributed by atoms with van der Waals surface area (Å²) in [6.45, 7) is 0. The number of anilines is 1. The lowest BCUT2D eigenvalue weighted by Gasteiger charge is -2.04. The first kappa shape index (κ1) is 17.0. The van der Waals surface area contributed by atoms with Crippen LogP contribution in [0.3, 0.4) is 0 Å². The molecule has 0 fully saturated rings. The van der Waals surface area contributed by atoms with Gasteiger partial charge in [0.05, 0.1) is 11.8 Å². The molecule has 6 nitrogen and oxygen atoms in total. The number of rotatable bonds is 3. The molecule has 21 heavy (non-hydrogen) atoms. The molecule has 3 N–H and O–H groups in total. The van der Waals surface area contributed by atoms with Gasteiger partial charge in [0.25, 0.3) is 0 Å². The highest BCUT2D eigenvalue weighted by Crippen LogP contribution is 2.29. The molecule has 0 aliphatic rings. The van der Waals surface area contributed by atoms with Crippen molar-refractivity contribution in [2.45, 2.75) is 11.2 Å². The van der Waals surface area contributed by atoms with E-state index in [1.807, 2.05) is 0 Å². The molecule has 1 amide bonds. The molecule has 10 heteroatoms. The molecule has 2 aromatic heterocycles. The van der Waals surface area contributed by atoms with Gasteiger partial charge in [0.1, 0.15) is 5.03 Å². The molecule has 0 saturated heterocycles. The Balaban J connectivity index is 0.00000220. The highest BCUT2D eigenvalue weighted by atomic mass is 32.2. The Labute approximate surface area is 121 Å². The van der Waals surface area contributed by atoms with Gasteiger partial charge >= 0.3 is 12.1 Å². The van der Waals surface area contributed by atoms with Gasteiger partial charge in [0.15, 0.2) is 0 Å². The van der Waals surface area contributed by atoms with Crippen LogP contribution in [0, 0.1) is 0 Å². The molecule has 2 aromatic rings. The van der Waals surface area contributed by atoms with Crippen LogP contribution >= 0.6 is 11.8 Å². The van der Waals surface area contributed by atoms with Crippen molar-refractivity contribution in [1.82, 2.24) is 9.97 Å². The van der Waals surface area contributed by atoms with E-state index in [1.54, 1.807) is 29.9 Å². The van der Waals surface area contributed by atoms with Crippen LogP contribution in [0.4, 0.5) is 19.1 Å². The number of amides is 1. The number of carbonyl (C=O) groups is 1. The molecular weight excluding hydrogens is 311 g/mol. The van der Waals surface area contributed by atoms with Crippen LogP contribution in [-0.2, 0) is 4.79 Å². The smallest absolute Gasteiger partial charge is 0.420 e. The number of alkyl halides is 3. The quantitative estimate of drug-likeness (QED) is 0.873. The predicted octanol–water partition coefficient (Wildman–Crippen LogP) is 2.13. The van der Waals surface area contributed by atoms with Crippen LogP contribution < -0.4 is 5.32 Å². The summed E-state index contributed by atoms with van der Waals surface area (Å²) in [4.78, 5) is 18.7. The Bertz CT molecular complexity index is 630. The summed E-state index contributed by atoms with van der Waals surface area (Å²) < 4.78 is 41.4. The van der Waals surface area contributed by atoms with E-state index in [0.29, 0.717) is 10.6 Å². The van der Waals surface area contributed by atoms with E-state index in [-0.39, 0.29) is 17.3 Å². The zero-order valence-electron chi connectivity index (χ0n) is 10.6. The summed E-state index contributed by atoms with van der Waals surface area (Å²) in [5, 5.41) is 2.20. The van der Waals surface area contributed by atoms with Gasteiger partial charge < -0.3 is 9.89 Å². The number of halogens is 3. The normalized spacial score (nSPS) is 10.9. The van der Waals surface area contributed by atoms with Crippen molar-refractivity contribution < 1.29 is 27.9 Å². The van der Waals surface area contributed by atoms with Crippen molar-refractivity contribution in [1.29, 1.82) is 0 Å². The average molecular weight is 321 g/mol. The lowest BCUT2D eigenvalue weighted by atomic mass is 10.3. The molecule has 2 heterocycles. The minimum absolute atomic E-state index is 0. The van der Waals surface area contributed by atoms with Gasteiger partial charge in [0, 0.05) is 6.20 Å². The van der Waals surface area contributed by atoms with Crippen LogP contribution in [0.15, 0.2) is 34.0 Å². The summed E-state index contributed by atoms with van der Waals surface area (Å²) in [5.74, 6) is -2.41. The molecule has 0 aromatic carbocycles. The number of pyridine rings is 1. The van der Waals surface area contributed by atoms with E-state index in [0.717, 1.165) is 6.20 Å². The average Bonchev–Trinajstić information content (AvgIpc) is 2.86. The number of nitrogens with one attached hydrogen (secondary N) is 1. The Morgan fingerprint density at radius 3 is 2.71 bits per heavy atom. The Morgan fingerprint density at radius 1 is 1.38 bits per heavy atom. The van der Waals surface area contributed by atoms with Crippen molar-refractivity contribution in [3.63, 3.8) is 0 Å². The Morgan fingerprint density at radius 2 is 2.10 bits per heavy atom. The topological polar surface area (TPSA) is 99.5 Å². The second-order valence-corrected chi connectivity index (χ2v) is 4.34. The number of hydrogen-bond donors (Lipinski definition) is 1. The summed E-state index contributed by atoms with van der Waals surface area (Å²) in [6, 6.07) is 3.31.